The second kappa shape index (κ2) is 3.52. The van der Waals surface area contributed by atoms with Crippen LogP contribution in [0.1, 0.15) is 12.7 Å². The number of rotatable bonds is 2. The fraction of sp³-hybridized carbons (Fsp3) is 0.429. The number of hydrogen-bond acceptors (Lipinski definition) is 2. The van der Waals surface area contributed by atoms with E-state index in [1.807, 2.05) is 6.92 Å². The van der Waals surface area contributed by atoms with Crippen molar-refractivity contribution in [1.82, 2.24) is 9.97 Å². The Labute approximate surface area is 65.3 Å². The van der Waals surface area contributed by atoms with Gasteiger partial charge in [0.15, 0.2) is 0 Å². The van der Waals surface area contributed by atoms with E-state index in [4.69, 9.17) is 11.6 Å². The van der Waals surface area contributed by atoms with E-state index in [1.165, 1.54) is 0 Å². The molecule has 0 aromatic carbocycles. The molecule has 1 rings (SSSR count). The van der Waals surface area contributed by atoms with E-state index < -0.39 is 0 Å². The van der Waals surface area contributed by atoms with Gasteiger partial charge in [0.25, 0.3) is 0 Å². The van der Waals surface area contributed by atoms with Gasteiger partial charge in [0, 0.05) is 24.2 Å². The quantitative estimate of drug-likeness (QED) is 0.609. The molecule has 0 aliphatic heterocycles. The molecule has 0 aliphatic rings. The molecule has 0 saturated carbocycles. The third kappa shape index (κ3) is 2.31. The van der Waals surface area contributed by atoms with Crippen LogP contribution < -0.4 is 0 Å². The van der Waals surface area contributed by atoms with Crippen LogP contribution in [0.4, 0.5) is 0 Å². The van der Waals surface area contributed by atoms with Gasteiger partial charge >= 0.3 is 0 Å². The fourth-order valence-corrected chi connectivity index (χ4v) is 0.825. The van der Waals surface area contributed by atoms with Crippen LogP contribution in [-0.4, -0.2) is 15.3 Å². The molecule has 3 heteroatoms. The van der Waals surface area contributed by atoms with Gasteiger partial charge in [-0.05, 0) is 13.0 Å². The van der Waals surface area contributed by atoms with Crippen LogP contribution in [0.25, 0.3) is 0 Å². The summed E-state index contributed by atoms with van der Waals surface area (Å²) in [5, 5.41) is 0.113. The Morgan fingerprint density at radius 3 is 2.60 bits per heavy atom. The van der Waals surface area contributed by atoms with Crippen molar-refractivity contribution in [2.75, 3.05) is 0 Å². The molecule has 0 N–H and O–H groups in total. The van der Waals surface area contributed by atoms with Crippen LogP contribution in [-0.2, 0) is 6.42 Å². The molecule has 0 bridgehead atoms. The molecular weight excluding hydrogens is 148 g/mol. The van der Waals surface area contributed by atoms with Crippen LogP contribution in [0.15, 0.2) is 18.5 Å². The molecule has 1 heterocycles. The van der Waals surface area contributed by atoms with Crippen molar-refractivity contribution in [3.05, 3.63) is 24.3 Å². The summed E-state index contributed by atoms with van der Waals surface area (Å²) in [5.41, 5.74) is 0. The number of hydrogen-bond donors (Lipinski definition) is 0. The lowest BCUT2D eigenvalue weighted by Gasteiger charge is -1.98. The van der Waals surface area contributed by atoms with E-state index in [0.29, 0.717) is 0 Å². The van der Waals surface area contributed by atoms with Crippen LogP contribution in [0, 0.1) is 0 Å². The summed E-state index contributed by atoms with van der Waals surface area (Å²) < 4.78 is 0. The van der Waals surface area contributed by atoms with Gasteiger partial charge < -0.3 is 0 Å². The van der Waals surface area contributed by atoms with E-state index in [-0.39, 0.29) is 5.38 Å². The third-order valence-corrected chi connectivity index (χ3v) is 1.24. The predicted octanol–water partition coefficient (Wildman–Crippen LogP) is 1.65. The average molecular weight is 157 g/mol. The van der Waals surface area contributed by atoms with E-state index >= 15 is 0 Å². The summed E-state index contributed by atoms with van der Waals surface area (Å²) in [7, 11) is 0. The van der Waals surface area contributed by atoms with Gasteiger partial charge in [0.1, 0.15) is 5.82 Å². The fourth-order valence-electron chi connectivity index (χ4n) is 0.687. The molecule has 1 aromatic rings. The lowest BCUT2D eigenvalue weighted by atomic mass is 10.3. The lowest BCUT2D eigenvalue weighted by molar-refractivity contribution is 0.841. The number of alkyl halides is 1. The van der Waals surface area contributed by atoms with Gasteiger partial charge in [-0.1, -0.05) is 0 Å². The van der Waals surface area contributed by atoms with Gasteiger partial charge in [-0.3, -0.25) is 0 Å². The summed E-state index contributed by atoms with van der Waals surface area (Å²) in [6.07, 6.45) is 4.19. The van der Waals surface area contributed by atoms with Crippen molar-refractivity contribution in [3.8, 4) is 0 Å². The second-order valence-electron chi connectivity index (χ2n) is 2.15. The molecule has 0 fully saturated rings. The SMILES string of the molecule is CC(Cl)Cc1ncccn1. The minimum absolute atomic E-state index is 0.113. The average Bonchev–Trinajstić information content (AvgIpc) is 1.88. The van der Waals surface area contributed by atoms with Crippen molar-refractivity contribution in [2.24, 2.45) is 0 Å². The highest BCUT2D eigenvalue weighted by Gasteiger charge is 1.99. The first-order chi connectivity index (χ1) is 4.79. The van der Waals surface area contributed by atoms with Crippen LogP contribution in [0.2, 0.25) is 0 Å². The Kier molecular flexibility index (Phi) is 2.63. The third-order valence-electron chi connectivity index (χ3n) is 1.08. The molecule has 10 heavy (non-hydrogen) atoms. The molecule has 0 amide bonds. The van der Waals surface area contributed by atoms with Gasteiger partial charge in [-0.25, -0.2) is 9.97 Å². The van der Waals surface area contributed by atoms with Crippen molar-refractivity contribution in [2.45, 2.75) is 18.7 Å². The van der Waals surface area contributed by atoms with E-state index in [9.17, 15) is 0 Å². The molecular formula is C7H9ClN2. The number of aromatic nitrogens is 2. The summed E-state index contributed by atoms with van der Waals surface area (Å²) >= 11 is 5.73. The molecule has 0 radical (unpaired) electrons. The molecule has 0 aliphatic carbocycles. The molecule has 0 spiro atoms. The normalized spacial score (nSPS) is 13.0. The van der Waals surface area contributed by atoms with Crippen LogP contribution in [0.3, 0.4) is 0 Å². The standard InChI is InChI=1S/C7H9ClN2/c1-6(8)5-7-9-3-2-4-10-7/h2-4,6H,5H2,1H3. The monoisotopic (exact) mass is 156 g/mol. The Bertz CT molecular complexity index is 186. The summed E-state index contributed by atoms with van der Waals surface area (Å²) in [6, 6.07) is 1.79. The van der Waals surface area contributed by atoms with Gasteiger partial charge in [-0.15, -0.1) is 11.6 Å². The summed E-state index contributed by atoms with van der Waals surface area (Å²) in [4.78, 5) is 8.05. The van der Waals surface area contributed by atoms with Gasteiger partial charge in [-0.2, -0.15) is 0 Å². The Balaban J connectivity index is 2.59. The Hall–Kier alpha value is -0.630. The first-order valence-corrected chi connectivity index (χ1v) is 3.62. The van der Waals surface area contributed by atoms with Gasteiger partial charge in [0.05, 0.1) is 0 Å². The maximum absolute atomic E-state index is 5.73. The van der Waals surface area contributed by atoms with Gasteiger partial charge in [0.2, 0.25) is 0 Å². The number of nitrogens with zero attached hydrogens (tertiary/aromatic N) is 2. The molecule has 54 valence electrons. The zero-order valence-corrected chi connectivity index (χ0v) is 6.54. The lowest BCUT2D eigenvalue weighted by Crippen LogP contribution is -2.01. The maximum Gasteiger partial charge on any atom is 0.129 e. The molecule has 2 nitrogen and oxygen atoms in total. The minimum atomic E-state index is 0.113. The van der Waals surface area contributed by atoms with Crippen molar-refractivity contribution in [3.63, 3.8) is 0 Å². The second-order valence-corrected chi connectivity index (χ2v) is 2.89. The molecule has 0 saturated heterocycles. The topological polar surface area (TPSA) is 25.8 Å². The predicted molar refractivity (Wildman–Crippen MR) is 41.1 cm³/mol. The Morgan fingerprint density at radius 2 is 2.10 bits per heavy atom. The van der Waals surface area contributed by atoms with E-state index in [2.05, 4.69) is 9.97 Å². The molecule has 1 atom stereocenters. The van der Waals surface area contributed by atoms with E-state index in [0.717, 1.165) is 12.2 Å². The minimum Gasteiger partial charge on any atom is -0.241 e. The highest BCUT2D eigenvalue weighted by atomic mass is 35.5. The molecule has 1 unspecified atom stereocenters. The first kappa shape index (κ1) is 7.48. The highest BCUT2D eigenvalue weighted by Crippen LogP contribution is 2.00. The zero-order chi connectivity index (χ0) is 7.40. The largest absolute Gasteiger partial charge is 0.241 e. The highest BCUT2D eigenvalue weighted by molar-refractivity contribution is 6.20. The maximum atomic E-state index is 5.73. The van der Waals surface area contributed by atoms with E-state index in [1.54, 1.807) is 18.5 Å². The Morgan fingerprint density at radius 1 is 1.50 bits per heavy atom. The van der Waals surface area contributed by atoms with Crippen LogP contribution >= 0.6 is 11.6 Å². The summed E-state index contributed by atoms with van der Waals surface area (Å²) in [6.45, 7) is 1.93. The van der Waals surface area contributed by atoms with Crippen molar-refractivity contribution in [1.29, 1.82) is 0 Å². The van der Waals surface area contributed by atoms with Crippen molar-refractivity contribution < 1.29 is 0 Å². The zero-order valence-electron chi connectivity index (χ0n) is 5.79. The van der Waals surface area contributed by atoms with Crippen LogP contribution in [0.5, 0.6) is 0 Å². The first-order valence-electron chi connectivity index (χ1n) is 3.19. The smallest absolute Gasteiger partial charge is 0.129 e. The number of halogens is 1. The summed E-state index contributed by atoms with van der Waals surface area (Å²) in [5.74, 6) is 0.810. The molecule has 1 aromatic heterocycles. The van der Waals surface area contributed by atoms with Crippen molar-refractivity contribution >= 4 is 11.6 Å².